The van der Waals surface area contributed by atoms with Gasteiger partial charge in [0.15, 0.2) is 20.8 Å². The smallest absolute Gasteiger partial charge is 0.191 e. The number of nitrogens with zero attached hydrogens (tertiary/aromatic N) is 3. The fourth-order valence-corrected chi connectivity index (χ4v) is 4.17. The van der Waals surface area contributed by atoms with E-state index in [1.54, 1.807) is 12.1 Å². The fraction of sp³-hybridized carbons (Fsp3) is 0.263. The number of aliphatic hydroxyl groups excluding tert-OH is 1. The van der Waals surface area contributed by atoms with Gasteiger partial charge in [-0.05, 0) is 30.7 Å². The van der Waals surface area contributed by atoms with Crippen molar-refractivity contribution in [2.75, 3.05) is 12.0 Å². The molecule has 1 N–H and O–H groups in total. The van der Waals surface area contributed by atoms with Gasteiger partial charge in [-0.25, -0.2) is 8.42 Å². The molecular weight excluding hydrogens is 382 g/mol. The zero-order chi connectivity index (χ0) is 19.6. The second-order valence-corrected chi connectivity index (χ2v) is 9.41. The van der Waals surface area contributed by atoms with Crippen LogP contribution in [0.25, 0.3) is 11.4 Å². The lowest BCUT2D eigenvalue weighted by molar-refractivity contribution is 0.204. The van der Waals surface area contributed by atoms with Crippen LogP contribution in [0, 0.1) is 6.92 Å². The molecule has 0 saturated carbocycles. The van der Waals surface area contributed by atoms with E-state index in [-0.39, 0.29) is 4.90 Å². The molecule has 0 fully saturated rings. The highest BCUT2D eigenvalue weighted by Gasteiger charge is 2.15. The van der Waals surface area contributed by atoms with Crippen LogP contribution >= 0.6 is 11.8 Å². The lowest BCUT2D eigenvalue weighted by Crippen LogP contribution is -2.03. The molecule has 0 aliphatic heterocycles. The van der Waals surface area contributed by atoms with E-state index in [0.717, 1.165) is 23.2 Å². The third kappa shape index (κ3) is 4.58. The molecule has 1 aromatic heterocycles. The van der Waals surface area contributed by atoms with Crippen LogP contribution in [-0.4, -0.2) is 40.3 Å². The van der Waals surface area contributed by atoms with Crippen molar-refractivity contribution in [3.8, 4) is 11.4 Å². The number of rotatable bonds is 6. The standard InChI is InChI=1S/C19H21N3O3S2/c1-13-5-4-6-15(11-13)18-20-21-19(22(18)2)26-12-17(23)14-7-9-16(10-8-14)27(3,24)25/h4-11,17,23H,12H2,1-3H3. The molecule has 8 heteroatoms. The molecule has 3 rings (SSSR count). The maximum absolute atomic E-state index is 11.5. The molecule has 0 radical (unpaired) electrons. The average molecular weight is 404 g/mol. The van der Waals surface area contributed by atoms with Crippen LogP contribution in [0.5, 0.6) is 0 Å². The van der Waals surface area contributed by atoms with Crippen molar-refractivity contribution in [2.24, 2.45) is 7.05 Å². The zero-order valence-corrected chi connectivity index (χ0v) is 17.0. The SMILES string of the molecule is Cc1cccc(-c2nnc(SCC(O)c3ccc(S(C)(=O)=O)cc3)n2C)c1. The molecule has 0 spiro atoms. The van der Waals surface area contributed by atoms with Gasteiger partial charge >= 0.3 is 0 Å². The maximum Gasteiger partial charge on any atom is 0.191 e. The van der Waals surface area contributed by atoms with Crippen molar-refractivity contribution in [2.45, 2.75) is 23.1 Å². The monoisotopic (exact) mass is 403 g/mol. The normalized spacial score (nSPS) is 12.9. The van der Waals surface area contributed by atoms with Crippen LogP contribution in [0.15, 0.2) is 58.6 Å². The maximum atomic E-state index is 11.5. The van der Waals surface area contributed by atoms with Gasteiger partial charge in [-0.1, -0.05) is 47.7 Å². The molecule has 142 valence electrons. The molecule has 0 saturated heterocycles. The number of hydrogen-bond acceptors (Lipinski definition) is 6. The molecular formula is C19H21N3O3S2. The van der Waals surface area contributed by atoms with Gasteiger partial charge in [0, 0.05) is 24.6 Å². The van der Waals surface area contributed by atoms with Crippen molar-refractivity contribution in [1.82, 2.24) is 14.8 Å². The summed E-state index contributed by atoms with van der Waals surface area (Å²) in [5, 5.41) is 19.6. The predicted molar refractivity (Wildman–Crippen MR) is 106 cm³/mol. The molecule has 1 unspecified atom stereocenters. The van der Waals surface area contributed by atoms with Gasteiger partial charge < -0.3 is 9.67 Å². The first-order valence-electron chi connectivity index (χ1n) is 8.33. The summed E-state index contributed by atoms with van der Waals surface area (Å²) < 4.78 is 24.9. The highest BCUT2D eigenvalue weighted by Crippen LogP contribution is 2.27. The van der Waals surface area contributed by atoms with Crippen LogP contribution in [0.4, 0.5) is 0 Å². The Kier molecular flexibility index (Phi) is 5.69. The summed E-state index contributed by atoms with van der Waals surface area (Å²) in [4.78, 5) is 0.238. The summed E-state index contributed by atoms with van der Waals surface area (Å²) in [7, 11) is -1.35. The first kappa shape index (κ1) is 19.6. The number of hydrogen-bond donors (Lipinski definition) is 1. The van der Waals surface area contributed by atoms with E-state index in [4.69, 9.17) is 0 Å². The molecule has 0 aliphatic rings. The van der Waals surface area contributed by atoms with Gasteiger partial charge in [0.25, 0.3) is 0 Å². The highest BCUT2D eigenvalue weighted by molar-refractivity contribution is 7.99. The Labute approximate surface area is 163 Å². The molecule has 1 atom stereocenters. The van der Waals surface area contributed by atoms with Crippen molar-refractivity contribution >= 4 is 21.6 Å². The van der Waals surface area contributed by atoms with Gasteiger partial charge in [-0.15, -0.1) is 10.2 Å². The van der Waals surface area contributed by atoms with Crippen molar-refractivity contribution in [1.29, 1.82) is 0 Å². The van der Waals surface area contributed by atoms with Gasteiger partial charge in [0.05, 0.1) is 11.0 Å². The van der Waals surface area contributed by atoms with E-state index < -0.39 is 15.9 Å². The summed E-state index contributed by atoms with van der Waals surface area (Å²) in [6, 6.07) is 14.3. The number of thioether (sulfide) groups is 1. The van der Waals surface area contributed by atoms with Crippen LogP contribution in [0.3, 0.4) is 0 Å². The number of sulfone groups is 1. The summed E-state index contributed by atoms with van der Waals surface area (Å²) in [6.45, 7) is 2.03. The first-order chi connectivity index (χ1) is 12.8. The minimum atomic E-state index is -3.24. The second kappa shape index (κ2) is 7.84. The van der Waals surface area contributed by atoms with E-state index in [2.05, 4.69) is 16.3 Å². The lowest BCUT2D eigenvalue weighted by Gasteiger charge is -2.11. The number of benzene rings is 2. The van der Waals surface area contributed by atoms with Gasteiger partial charge in [-0.3, -0.25) is 0 Å². The number of aliphatic hydroxyl groups is 1. The van der Waals surface area contributed by atoms with Crippen LogP contribution in [0.1, 0.15) is 17.2 Å². The van der Waals surface area contributed by atoms with Gasteiger partial charge in [0.1, 0.15) is 0 Å². The molecule has 27 heavy (non-hydrogen) atoms. The van der Waals surface area contributed by atoms with Gasteiger partial charge in [-0.2, -0.15) is 0 Å². The molecule has 1 heterocycles. The molecule has 0 amide bonds. The van der Waals surface area contributed by atoms with E-state index in [0.29, 0.717) is 16.5 Å². The summed E-state index contributed by atoms with van der Waals surface area (Å²) in [5.41, 5.74) is 2.81. The Morgan fingerprint density at radius 1 is 1.15 bits per heavy atom. The van der Waals surface area contributed by atoms with Crippen LogP contribution < -0.4 is 0 Å². The third-order valence-corrected chi connectivity index (χ3v) is 6.40. The first-order valence-corrected chi connectivity index (χ1v) is 11.2. The minimum Gasteiger partial charge on any atom is -0.388 e. The quantitative estimate of drug-likeness (QED) is 0.637. The summed E-state index contributed by atoms with van der Waals surface area (Å²) in [5.74, 6) is 1.16. The van der Waals surface area contributed by atoms with Gasteiger partial charge in [0.2, 0.25) is 0 Å². The Morgan fingerprint density at radius 3 is 2.48 bits per heavy atom. The Balaban J connectivity index is 1.70. The predicted octanol–water partition coefficient (Wildman–Crippen LogP) is 3.02. The molecule has 2 aromatic carbocycles. The van der Waals surface area contributed by atoms with Crippen molar-refractivity contribution in [3.63, 3.8) is 0 Å². The topological polar surface area (TPSA) is 85.1 Å². The molecule has 3 aromatic rings. The largest absolute Gasteiger partial charge is 0.388 e. The van der Waals surface area contributed by atoms with Crippen molar-refractivity contribution in [3.05, 3.63) is 59.7 Å². The Hall–Kier alpha value is -2.16. The summed E-state index contributed by atoms with van der Waals surface area (Å²) >= 11 is 1.40. The Bertz CT molecular complexity index is 1040. The summed E-state index contributed by atoms with van der Waals surface area (Å²) in [6.07, 6.45) is 0.427. The average Bonchev–Trinajstić information content (AvgIpc) is 2.99. The molecule has 0 bridgehead atoms. The highest BCUT2D eigenvalue weighted by atomic mass is 32.2. The number of aromatic nitrogens is 3. The second-order valence-electron chi connectivity index (χ2n) is 6.40. The molecule has 6 nitrogen and oxygen atoms in total. The van der Waals surface area contributed by atoms with E-state index in [9.17, 15) is 13.5 Å². The van der Waals surface area contributed by atoms with Crippen LogP contribution in [-0.2, 0) is 16.9 Å². The third-order valence-electron chi connectivity index (χ3n) is 4.17. The minimum absolute atomic E-state index is 0.238. The zero-order valence-electron chi connectivity index (χ0n) is 15.3. The number of aryl methyl sites for hydroxylation is 1. The fourth-order valence-electron chi connectivity index (χ4n) is 2.66. The Morgan fingerprint density at radius 2 is 1.85 bits per heavy atom. The van der Waals surface area contributed by atoms with E-state index in [1.165, 1.54) is 23.9 Å². The lowest BCUT2D eigenvalue weighted by atomic mass is 10.1. The van der Waals surface area contributed by atoms with Crippen LogP contribution in [0.2, 0.25) is 0 Å². The molecule has 0 aliphatic carbocycles. The van der Waals surface area contributed by atoms with E-state index >= 15 is 0 Å². The van der Waals surface area contributed by atoms with Crippen molar-refractivity contribution < 1.29 is 13.5 Å². The van der Waals surface area contributed by atoms with E-state index in [1.807, 2.05) is 36.7 Å².